The highest BCUT2D eigenvalue weighted by atomic mass is 35.5. The van der Waals surface area contributed by atoms with Crippen LogP contribution in [0.2, 0.25) is 5.15 Å². The molecule has 1 aromatic carbocycles. The van der Waals surface area contributed by atoms with Gasteiger partial charge in [0.15, 0.2) is 11.5 Å². The minimum atomic E-state index is -0.424. The monoisotopic (exact) mass is 264 g/mol. The number of hydrogen-bond donors (Lipinski definition) is 3. The number of phenolic OH excluding ortho intramolecular Hbond substituents is 2. The summed E-state index contributed by atoms with van der Waals surface area (Å²) in [6, 6.07) is 6.90. The molecule has 0 aliphatic heterocycles. The van der Waals surface area contributed by atoms with Gasteiger partial charge in [0.05, 0.1) is 0 Å². The van der Waals surface area contributed by atoms with E-state index in [1.165, 1.54) is 30.5 Å². The summed E-state index contributed by atoms with van der Waals surface area (Å²) in [6.07, 6.45) is 1.46. The summed E-state index contributed by atoms with van der Waals surface area (Å²) in [5, 5.41) is 21.3. The van der Waals surface area contributed by atoms with Crippen molar-refractivity contribution in [3.63, 3.8) is 0 Å². The van der Waals surface area contributed by atoms with Gasteiger partial charge in [-0.3, -0.25) is 4.79 Å². The number of phenols is 2. The molecule has 2 aromatic rings. The van der Waals surface area contributed by atoms with Crippen molar-refractivity contribution in [1.82, 2.24) is 4.98 Å². The van der Waals surface area contributed by atoms with Crippen molar-refractivity contribution >= 4 is 23.2 Å². The van der Waals surface area contributed by atoms with Gasteiger partial charge in [0.25, 0.3) is 5.91 Å². The minimum Gasteiger partial charge on any atom is -0.504 e. The Morgan fingerprint density at radius 1 is 1.17 bits per heavy atom. The molecule has 0 saturated carbocycles. The van der Waals surface area contributed by atoms with Crippen LogP contribution in [0.3, 0.4) is 0 Å². The Kier molecular flexibility index (Phi) is 3.34. The molecule has 0 aliphatic rings. The van der Waals surface area contributed by atoms with E-state index < -0.39 is 5.91 Å². The van der Waals surface area contributed by atoms with Crippen LogP contribution in [0.4, 0.5) is 5.69 Å². The average molecular weight is 265 g/mol. The predicted octanol–water partition coefficient (Wildman–Crippen LogP) is 2.40. The number of anilines is 1. The third kappa shape index (κ3) is 2.70. The topological polar surface area (TPSA) is 82.5 Å². The van der Waals surface area contributed by atoms with E-state index in [4.69, 9.17) is 16.7 Å². The largest absolute Gasteiger partial charge is 0.504 e. The third-order valence-corrected chi connectivity index (χ3v) is 2.43. The van der Waals surface area contributed by atoms with E-state index in [1.54, 1.807) is 6.07 Å². The van der Waals surface area contributed by atoms with Gasteiger partial charge in [-0.05, 0) is 30.3 Å². The SMILES string of the molecule is O=C(Nc1ccnc(Cl)c1)c1ccc(O)c(O)c1. The van der Waals surface area contributed by atoms with Crippen molar-refractivity contribution in [2.75, 3.05) is 5.32 Å². The van der Waals surface area contributed by atoms with Gasteiger partial charge < -0.3 is 15.5 Å². The number of nitrogens with one attached hydrogen (secondary N) is 1. The van der Waals surface area contributed by atoms with E-state index in [1.807, 2.05) is 0 Å². The van der Waals surface area contributed by atoms with Gasteiger partial charge >= 0.3 is 0 Å². The van der Waals surface area contributed by atoms with Gasteiger partial charge in [-0.25, -0.2) is 4.98 Å². The van der Waals surface area contributed by atoms with Crippen LogP contribution < -0.4 is 5.32 Å². The molecule has 92 valence electrons. The lowest BCUT2D eigenvalue weighted by atomic mass is 10.2. The molecule has 0 spiro atoms. The number of halogens is 1. The highest BCUT2D eigenvalue weighted by molar-refractivity contribution is 6.29. The number of hydrogen-bond acceptors (Lipinski definition) is 4. The molecule has 0 unspecified atom stereocenters. The summed E-state index contributed by atoms with van der Waals surface area (Å²) in [5.41, 5.74) is 0.714. The molecule has 5 nitrogen and oxygen atoms in total. The van der Waals surface area contributed by atoms with Gasteiger partial charge in [0.2, 0.25) is 0 Å². The van der Waals surface area contributed by atoms with E-state index in [9.17, 15) is 9.90 Å². The highest BCUT2D eigenvalue weighted by Crippen LogP contribution is 2.25. The quantitative estimate of drug-likeness (QED) is 0.575. The average Bonchev–Trinajstić information content (AvgIpc) is 2.32. The lowest BCUT2D eigenvalue weighted by molar-refractivity contribution is 0.102. The fourth-order valence-electron chi connectivity index (χ4n) is 1.35. The molecule has 0 aliphatic carbocycles. The molecular formula is C12H9ClN2O3. The molecular weight excluding hydrogens is 256 g/mol. The summed E-state index contributed by atoms with van der Waals surface area (Å²) in [4.78, 5) is 15.6. The molecule has 0 atom stereocenters. The number of aromatic hydroxyl groups is 2. The molecule has 0 radical (unpaired) electrons. The molecule has 3 N–H and O–H groups in total. The number of pyridine rings is 1. The van der Waals surface area contributed by atoms with Crippen molar-refractivity contribution in [3.05, 3.63) is 47.2 Å². The first-order chi connectivity index (χ1) is 8.56. The lowest BCUT2D eigenvalue weighted by Gasteiger charge is -2.06. The highest BCUT2D eigenvalue weighted by Gasteiger charge is 2.09. The summed E-state index contributed by atoms with van der Waals surface area (Å²) < 4.78 is 0. The van der Waals surface area contributed by atoms with Gasteiger partial charge in [-0.2, -0.15) is 0 Å². The van der Waals surface area contributed by atoms with E-state index in [2.05, 4.69) is 10.3 Å². The van der Waals surface area contributed by atoms with Gasteiger partial charge in [0, 0.05) is 17.4 Å². The van der Waals surface area contributed by atoms with Crippen molar-refractivity contribution in [2.24, 2.45) is 0 Å². The molecule has 1 amide bonds. The predicted molar refractivity (Wildman–Crippen MR) is 67.0 cm³/mol. The number of rotatable bonds is 2. The zero-order chi connectivity index (χ0) is 13.1. The number of carbonyl (C=O) groups excluding carboxylic acids is 1. The van der Waals surface area contributed by atoms with Gasteiger partial charge in [-0.1, -0.05) is 11.6 Å². The zero-order valence-corrected chi connectivity index (χ0v) is 9.85. The molecule has 0 fully saturated rings. The van der Waals surface area contributed by atoms with Crippen LogP contribution in [0.1, 0.15) is 10.4 Å². The molecule has 2 rings (SSSR count). The number of amides is 1. The Bertz CT molecular complexity index is 602. The van der Waals surface area contributed by atoms with E-state index in [-0.39, 0.29) is 22.2 Å². The zero-order valence-electron chi connectivity index (χ0n) is 9.09. The molecule has 1 heterocycles. The fourth-order valence-corrected chi connectivity index (χ4v) is 1.52. The van der Waals surface area contributed by atoms with Crippen molar-refractivity contribution < 1.29 is 15.0 Å². The summed E-state index contributed by atoms with van der Waals surface area (Å²) >= 11 is 5.68. The molecule has 6 heteroatoms. The summed E-state index contributed by atoms with van der Waals surface area (Å²) in [5.74, 6) is -1.05. The van der Waals surface area contributed by atoms with Crippen LogP contribution in [0, 0.1) is 0 Å². The van der Waals surface area contributed by atoms with Crippen LogP contribution in [-0.4, -0.2) is 21.1 Å². The first-order valence-corrected chi connectivity index (χ1v) is 5.39. The molecule has 0 bridgehead atoms. The standard InChI is InChI=1S/C12H9ClN2O3/c13-11-6-8(3-4-14-11)15-12(18)7-1-2-9(16)10(17)5-7/h1-6,16-17H,(H,14,15,18). The first-order valence-electron chi connectivity index (χ1n) is 5.01. The number of aromatic nitrogens is 1. The number of carbonyl (C=O) groups is 1. The Hall–Kier alpha value is -2.27. The summed E-state index contributed by atoms with van der Waals surface area (Å²) in [6.45, 7) is 0. The second-order valence-corrected chi connectivity index (χ2v) is 3.91. The molecule has 18 heavy (non-hydrogen) atoms. The Morgan fingerprint density at radius 2 is 1.94 bits per heavy atom. The maximum Gasteiger partial charge on any atom is 0.255 e. The van der Waals surface area contributed by atoms with Crippen molar-refractivity contribution in [1.29, 1.82) is 0 Å². The third-order valence-electron chi connectivity index (χ3n) is 2.22. The first kappa shape index (κ1) is 12.2. The second-order valence-electron chi connectivity index (χ2n) is 3.52. The smallest absolute Gasteiger partial charge is 0.255 e. The van der Waals surface area contributed by atoms with E-state index in [0.717, 1.165) is 0 Å². The second kappa shape index (κ2) is 4.93. The maximum absolute atomic E-state index is 11.8. The maximum atomic E-state index is 11.8. The van der Waals surface area contributed by atoms with Crippen LogP contribution >= 0.6 is 11.6 Å². The fraction of sp³-hybridized carbons (Fsp3) is 0. The van der Waals surface area contributed by atoms with Crippen molar-refractivity contribution in [3.8, 4) is 11.5 Å². The number of nitrogens with zero attached hydrogens (tertiary/aromatic N) is 1. The van der Waals surface area contributed by atoms with E-state index in [0.29, 0.717) is 5.69 Å². The summed E-state index contributed by atoms with van der Waals surface area (Å²) in [7, 11) is 0. The van der Waals surface area contributed by atoms with E-state index >= 15 is 0 Å². The van der Waals surface area contributed by atoms with Crippen LogP contribution in [0.5, 0.6) is 11.5 Å². The normalized spacial score (nSPS) is 10.1. The Labute approximate surface area is 108 Å². The van der Waals surface area contributed by atoms with Crippen LogP contribution in [0.15, 0.2) is 36.5 Å². The lowest BCUT2D eigenvalue weighted by Crippen LogP contribution is -2.11. The van der Waals surface area contributed by atoms with Gasteiger partial charge in [-0.15, -0.1) is 0 Å². The number of benzene rings is 1. The molecule has 0 saturated heterocycles. The molecule has 1 aromatic heterocycles. The Balaban J connectivity index is 2.19. The van der Waals surface area contributed by atoms with Gasteiger partial charge in [0.1, 0.15) is 5.15 Å². The van der Waals surface area contributed by atoms with Crippen LogP contribution in [-0.2, 0) is 0 Å². The Morgan fingerprint density at radius 3 is 2.61 bits per heavy atom. The minimum absolute atomic E-state index is 0.221. The van der Waals surface area contributed by atoms with Crippen LogP contribution in [0.25, 0.3) is 0 Å². The van der Waals surface area contributed by atoms with Crippen molar-refractivity contribution in [2.45, 2.75) is 0 Å².